The lowest BCUT2D eigenvalue weighted by Gasteiger charge is -2.35. The van der Waals surface area contributed by atoms with Crippen molar-refractivity contribution in [2.45, 2.75) is 44.8 Å². The van der Waals surface area contributed by atoms with Gasteiger partial charge in [0.25, 0.3) is 5.88 Å². The minimum absolute atomic E-state index is 0.326. The van der Waals surface area contributed by atoms with Crippen LogP contribution in [0.15, 0.2) is 30.3 Å². The highest BCUT2D eigenvalue weighted by atomic mass is 16.6. The number of carbonyl (C=O) groups excluding carboxylic acids is 1. The minimum atomic E-state index is -0.906. The van der Waals surface area contributed by atoms with Crippen LogP contribution in [-0.4, -0.2) is 38.0 Å². The molecule has 8 nitrogen and oxygen atoms in total. The number of hydrogen-bond acceptors (Lipinski definition) is 7. The summed E-state index contributed by atoms with van der Waals surface area (Å²) in [4.78, 5) is 16.5. The van der Waals surface area contributed by atoms with Crippen LogP contribution in [0.3, 0.4) is 0 Å². The van der Waals surface area contributed by atoms with Crippen LogP contribution in [0.5, 0.6) is 23.1 Å². The summed E-state index contributed by atoms with van der Waals surface area (Å²) in [5.41, 5.74) is 6.24. The van der Waals surface area contributed by atoms with Gasteiger partial charge in [-0.3, -0.25) is 0 Å². The van der Waals surface area contributed by atoms with Crippen LogP contribution < -0.4 is 24.7 Å². The number of nitrogens with zero attached hydrogens (tertiary/aromatic N) is 1. The van der Waals surface area contributed by atoms with Gasteiger partial charge >= 0.3 is 6.09 Å². The van der Waals surface area contributed by atoms with Gasteiger partial charge in [0.15, 0.2) is 5.75 Å². The molecule has 2 aromatic rings. The maximum atomic E-state index is 11.9. The van der Waals surface area contributed by atoms with Crippen molar-refractivity contribution in [2.75, 3.05) is 21.3 Å². The summed E-state index contributed by atoms with van der Waals surface area (Å²) < 4.78 is 28.1. The molecule has 0 saturated carbocycles. The third-order valence-electron chi connectivity index (χ3n) is 5.49. The highest BCUT2D eigenvalue weighted by Crippen LogP contribution is 2.47. The Balaban J connectivity index is 2.16. The van der Waals surface area contributed by atoms with E-state index >= 15 is 0 Å². The van der Waals surface area contributed by atoms with Crippen molar-refractivity contribution in [3.8, 4) is 23.1 Å². The Morgan fingerprint density at radius 3 is 2.41 bits per heavy atom. The van der Waals surface area contributed by atoms with Crippen molar-refractivity contribution in [3.63, 3.8) is 0 Å². The molecule has 0 aliphatic carbocycles. The molecule has 0 fully saturated rings. The van der Waals surface area contributed by atoms with Crippen LogP contribution in [0.1, 0.15) is 50.6 Å². The molecular formula is C24H30N2O6. The average Bonchev–Trinajstić information content (AvgIpc) is 2.75. The predicted molar refractivity (Wildman–Crippen MR) is 121 cm³/mol. The summed E-state index contributed by atoms with van der Waals surface area (Å²) in [5, 5.41) is 0. The fraction of sp³-hybridized carbons (Fsp3) is 0.417. The summed E-state index contributed by atoms with van der Waals surface area (Å²) in [6, 6.07) is 7.22. The van der Waals surface area contributed by atoms with Crippen LogP contribution in [-0.2, 0) is 10.2 Å². The number of hydrogen-bond donors (Lipinski definition) is 1. The third kappa shape index (κ3) is 4.30. The molecule has 2 heterocycles. The first-order valence-corrected chi connectivity index (χ1v) is 10.2. The van der Waals surface area contributed by atoms with E-state index in [0.717, 1.165) is 5.56 Å². The standard InChI is InChI=1S/C24H30N2O6/c1-23(2)13-12-14-16(32-23)9-8-15(19(14)29-6)20(31-22(25)27)24(3,4)18-11-10-17(28-5)21(26-18)30-7/h8-13,20H,1-7H3,(H2,25,27). The van der Waals surface area contributed by atoms with Gasteiger partial charge in [-0.1, -0.05) is 13.8 Å². The lowest BCUT2D eigenvalue weighted by molar-refractivity contribution is 0.0586. The van der Waals surface area contributed by atoms with E-state index in [0.29, 0.717) is 34.4 Å². The molecule has 0 radical (unpaired) electrons. The second kappa shape index (κ2) is 8.61. The van der Waals surface area contributed by atoms with E-state index < -0.39 is 23.2 Å². The van der Waals surface area contributed by atoms with Crippen LogP contribution in [0, 0.1) is 0 Å². The highest BCUT2D eigenvalue weighted by Gasteiger charge is 2.40. The average molecular weight is 443 g/mol. The zero-order chi connectivity index (χ0) is 23.7. The molecule has 1 aromatic heterocycles. The van der Waals surface area contributed by atoms with Gasteiger partial charge in [0.1, 0.15) is 23.2 Å². The maximum Gasteiger partial charge on any atom is 0.405 e. The first-order valence-electron chi connectivity index (χ1n) is 10.2. The summed E-state index contributed by atoms with van der Waals surface area (Å²) in [7, 11) is 4.62. The summed E-state index contributed by atoms with van der Waals surface area (Å²) in [6.45, 7) is 7.75. The maximum absolute atomic E-state index is 11.9. The Bertz CT molecular complexity index is 1050. The fourth-order valence-electron chi connectivity index (χ4n) is 3.82. The lowest BCUT2D eigenvalue weighted by Crippen LogP contribution is -2.34. The molecule has 172 valence electrons. The second-order valence-electron chi connectivity index (χ2n) is 8.59. The fourth-order valence-corrected chi connectivity index (χ4v) is 3.82. The van der Waals surface area contributed by atoms with E-state index in [9.17, 15) is 4.79 Å². The molecule has 1 atom stereocenters. The Hall–Kier alpha value is -3.42. The van der Waals surface area contributed by atoms with Crippen LogP contribution in [0.25, 0.3) is 6.08 Å². The van der Waals surface area contributed by atoms with Crippen LogP contribution >= 0.6 is 0 Å². The first kappa shape index (κ1) is 23.2. The Kier molecular flexibility index (Phi) is 6.25. The lowest BCUT2D eigenvalue weighted by atomic mass is 9.78. The number of rotatable bonds is 7. The molecule has 1 aliphatic rings. The number of benzene rings is 1. The van der Waals surface area contributed by atoms with E-state index in [1.54, 1.807) is 19.2 Å². The molecule has 2 N–H and O–H groups in total. The molecular weight excluding hydrogens is 412 g/mol. The van der Waals surface area contributed by atoms with Crippen molar-refractivity contribution in [2.24, 2.45) is 5.73 Å². The quantitative estimate of drug-likeness (QED) is 0.678. The first-order chi connectivity index (χ1) is 15.0. The molecule has 1 amide bonds. The Morgan fingerprint density at radius 1 is 1.09 bits per heavy atom. The largest absolute Gasteiger partial charge is 0.496 e. The van der Waals surface area contributed by atoms with Gasteiger partial charge in [-0.2, -0.15) is 0 Å². The molecule has 1 unspecified atom stereocenters. The van der Waals surface area contributed by atoms with Crippen LogP contribution in [0.4, 0.5) is 4.79 Å². The van der Waals surface area contributed by atoms with Crippen molar-refractivity contribution in [3.05, 3.63) is 47.2 Å². The summed E-state index contributed by atoms with van der Waals surface area (Å²) in [6.07, 6.45) is 2.18. The number of pyridine rings is 1. The van der Waals surface area contributed by atoms with Crippen LogP contribution in [0.2, 0.25) is 0 Å². The Labute approximate surface area is 188 Å². The summed E-state index contributed by atoms with van der Waals surface area (Å²) >= 11 is 0. The predicted octanol–water partition coefficient (Wildman–Crippen LogP) is 4.41. The molecule has 0 bridgehead atoms. The van der Waals surface area contributed by atoms with Gasteiger partial charge in [0.05, 0.1) is 32.6 Å². The molecule has 8 heteroatoms. The molecule has 3 rings (SSSR count). The number of methoxy groups -OCH3 is 3. The van der Waals surface area contributed by atoms with E-state index in [4.69, 9.17) is 29.4 Å². The topological polar surface area (TPSA) is 102 Å². The van der Waals surface area contributed by atoms with Gasteiger partial charge in [-0.05, 0) is 50.3 Å². The molecule has 0 spiro atoms. The van der Waals surface area contributed by atoms with Crippen molar-refractivity contribution in [1.82, 2.24) is 4.98 Å². The SMILES string of the molecule is COc1ccc(C(C)(C)C(OC(N)=O)c2ccc3c(c2OC)C=CC(C)(C)O3)nc1OC. The summed E-state index contributed by atoms with van der Waals surface area (Å²) in [5.74, 6) is 2.04. The van der Waals surface area contributed by atoms with Gasteiger partial charge in [-0.25, -0.2) is 9.78 Å². The van der Waals surface area contributed by atoms with Crippen molar-refractivity contribution < 1.29 is 28.5 Å². The van der Waals surface area contributed by atoms with E-state index in [2.05, 4.69) is 4.98 Å². The molecule has 1 aromatic carbocycles. The zero-order valence-electron chi connectivity index (χ0n) is 19.5. The van der Waals surface area contributed by atoms with Gasteiger partial charge in [-0.15, -0.1) is 0 Å². The number of primary amides is 1. The number of fused-ring (bicyclic) bond motifs is 1. The van der Waals surface area contributed by atoms with Gasteiger partial charge in [0.2, 0.25) is 0 Å². The zero-order valence-corrected chi connectivity index (χ0v) is 19.5. The molecule has 1 aliphatic heterocycles. The smallest absolute Gasteiger partial charge is 0.405 e. The van der Waals surface area contributed by atoms with Gasteiger partial charge in [0, 0.05) is 11.0 Å². The Morgan fingerprint density at radius 2 is 1.81 bits per heavy atom. The number of ether oxygens (including phenoxy) is 5. The van der Waals surface area contributed by atoms with E-state index in [1.807, 2.05) is 52.0 Å². The molecule has 0 saturated heterocycles. The normalized spacial score (nSPS) is 15.2. The highest BCUT2D eigenvalue weighted by molar-refractivity contribution is 5.71. The number of carbonyl (C=O) groups is 1. The second-order valence-corrected chi connectivity index (χ2v) is 8.59. The molecule has 32 heavy (non-hydrogen) atoms. The van der Waals surface area contributed by atoms with E-state index in [1.165, 1.54) is 14.2 Å². The van der Waals surface area contributed by atoms with Crippen molar-refractivity contribution >= 4 is 12.2 Å². The van der Waals surface area contributed by atoms with E-state index in [-0.39, 0.29) is 0 Å². The van der Waals surface area contributed by atoms with Crippen molar-refractivity contribution in [1.29, 1.82) is 0 Å². The number of amides is 1. The number of nitrogens with two attached hydrogens (primary N) is 1. The monoisotopic (exact) mass is 442 g/mol. The van der Waals surface area contributed by atoms with Gasteiger partial charge < -0.3 is 29.4 Å². The minimum Gasteiger partial charge on any atom is -0.496 e. The third-order valence-corrected chi connectivity index (χ3v) is 5.49. The number of aromatic nitrogens is 1.